The fourth-order valence-corrected chi connectivity index (χ4v) is 2.02. The van der Waals surface area contributed by atoms with E-state index in [4.69, 9.17) is 29.6 Å². The SMILES string of the molecule is CCC(CC(N)=S)NC(=O)c1cc(Cl)ccc1C. The molecule has 0 heterocycles. The summed E-state index contributed by atoms with van der Waals surface area (Å²) in [4.78, 5) is 12.5. The molecule has 0 bridgehead atoms. The van der Waals surface area contributed by atoms with Gasteiger partial charge in [0.05, 0.1) is 4.99 Å². The lowest BCUT2D eigenvalue weighted by atomic mass is 10.1. The average molecular weight is 285 g/mol. The number of amides is 1. The van der Waals surface area contributed by atoms with E-state index in [2.05, 4.69) is 5.32 Å². The highest BCUT2D eigenvalue weighted by molar-refractivity contribution is 7.80. The van der Waals surface area contributed by atoms with E-state index in [1.165, 1.54) is 0 Å². The highest BCUT2D eigenvalue weighted by Crippen LogP contribution is 2.15. The van der Waals surface area contributed by atoms with Crippen LogP contribution >= 0.6 is 23.8 Å². The van der Waals surface area contributed by atoms with Crippen molar-refractivity contribution in [2.75, 3.05) is 0 Å². The van der Waals surface area contributed by atoms with Crippen LogP contribution in [0.4, 0.5) is 0 Å². The van der Waals surface area contributed by atoms with Crippen molar-refractivity contribution >= 4 is 34.7 Å². The van der Waals surface area contributed by atoms with E-state index >= 15 is 0 Å². The van der Waals surface area contributed by atoms with Crippen LogP contribution in [0.3, 0.4) is 0 Å². The molecule has 1 rings (SSSR count). The first-order valence-electron chi connectivity index (χ1n) is 5.79. The maximum atomic E-state index is 12.1. The van der Waals surface area contributed by atoms with Crippen molar-refractivity contribution in [3.05, 3.63) is 34.3 Å². The quantitative estimate of drug-likeness (QED) is 0.818. The van der Waals surface area contributed by atoms with Crippen molar-refractivity contribution in [1.29, 1.82) is 0 Å². The molecule has 1 amide bonds. The molecule has 5 heteroatoms. The average Bonchev–Trinajstić information content (AvgIpc) is 2.30. The lowest BCUT2D eigenvalue weighted by Crippen LogP contribution is -2.37. The predicted molar refractivity (Wildman–Crippen MR) is 79.1 cm³/mol. The van der Waals surface area contributed by atoms with Crippen molar-refractivity contribution in [1.82, 2.24) is 5.32 Å². The Labute approximate surface area is 118 Å². The Balaban J connectivity index is 2.80. The third kappa shape index (κ3) is 4.27. The van der Waals surface area contributed by atoms with Gasteiger partial charge in [-0.05, 0) is 31.0 Å². The van der Waals surface area contributed by atoms with Gasteiger partial charge in [0.2, 0.25) is 0 Å². The number of thiocarbonyl (C=S) groups is 1. The molecule has 1 unspecified atom stereocenters. The van der Waals surface area contributed by atoms with Crippen molar-refractivity contribution in [3.63, 3.8) is 0 Å². The molecule has 0 aliphatic heterocycles. The normalized spacial score (nSPS) is 11.9. The molecule has 98 valence electrons. The molecule has 0 aliphatic carbocycles. The van der Waals surface area contributed by atoms with Crippen LogP contribution in [0.2, 0.25) is 5.02 Å². The molecule has 3 nitrogen and oxygen atoms in total. The molecule has 18 heavy (non-hydrogen) atoms. The van der Waals surface area contributed by atoms with Crippen LogP contribution in [0.25, 0.3) is 0 Å². The second-order valence-electron chi connectivity index (χ2n) is 4.21. The molecule has 0 fully saturated rings. The van der Waals surface area contributed by atoms with Gasteiger partial charge in [-0.15, -0.1) is 0 Å². The molecule has 0 aliphatic rings. The number of nitrogens with two attached hydrogens (primary N) is 1. The van der Waals surface area contributed by atoms with E-state index in [-0.39, 0.29) is 11.9 Å². The van der Waals surface area contributed by atoms with Gasteiger partial charge in [0.1, 0.15) is 0 Å². The number of aryl methyl sites for hydroxylation is 1. The zero-order chi connectivity index (χ0) is 13.7. The van der Waals surface area contributed by atoms with Crippen molar-refractivity contribution < 1.29 is 4.79 Å². The van der Waals surface area contributed by atoms with Gasteiger partial charge in [-0.1, -0.05) is 36.8 Å². The Hall–Kier alpha value is -1.13. The van der Waals surface area contributed by atoms with Crippen molar-refractivity contribution in [3.8, 4) is 0 Å². The van der Waals surface area contributed by atoms with Gasteiger partial charge in [-0.2, -0.15) is 0 Å². The molecular formula is C13H17ClN2OS. The third-order valence-corrected chi connectivity index (χ3v) is 3.12. The molecule has 0 aromatic heterocycles. The van der Waals surface area contributed by atoms with Gasteiger partial charge >= 0.3 is 0 Å². The number of rotatable bonds is 5. The Kier molecular flexibility index (Phi) is 5.56. The van der Waals surface area contributed by atoms with Gasteiger partial charge < -0.3 is 11.1 Å². The van der Waals surface area contributed by atoms with E-state index < -0.39 is 0 Å². The first-order valence-corrected chi connectivity index (χ1v) is 6.58. The lowest BCUT2D eigenvalue weighted by Gasteiger charge is -2.17. The number of hydrogen-bond acceptors (Lipinski definition) is 2. The van der Waals surface area contributed by atoms with E-state index in [0.29, 0.717) is 22.0 Å². The number of carbonyl (C=O) groups excluding carboxylic acids is 1. The van der Waals surface area contributed by atoms with Gasteiger partial charge in [-0.3, -0.25) is 4.79 Å². The van der Waals surface area contributed by atoms with Crippen LogP contribution in [0.1, 0.15) is 35.7 Å². The molecule has 3 N–H and O–H groups in total. The second-order valence-corrected chi connectivity index (χ2v) is 5.17. The van der Waals surface area contributed by atoms with E-state index in [1.54, 1.807) is 12.1 Å². The number of hydrogen-bond donors (Lipinski definition) is 2. The van der Waals surface area contributed by atoms with Gasteiger partial charge in [-0.25, -0.2) is 0 Å². The maximum Gasteiger partial charge on any atom is 0.251 e. The minimum Gasteiger partial charge on any atom is -0.393 e. The topological polar surface area (TPSA) is 55.1 Å². The third-order valence-electron chi connectivity index (χ3n) is 2.72. The van der Waals surface area contributed by atoms with Crippen molar-refractivity contribution in [2.24, 2.45) is 5.73 Å². The summed E-state index contributed by atoms with van der Waals surface area (Å²) < 4.78 is 0. The highest BCUT2D eigenvalue weighted by atomic mass is 35.5. The van der Waals surface area contributed by atoms with Crippen LogP contribution in [0.15, 0.2) is 18.2 Å². The number of benzene rings is 1. The van der Waals surface area contributed by atoms with E-state index in [0.717, 1.165) is 12.0 Å². The van der Waals surface area contributed by atoms with E-state index in [1.807, 2.05) is 19.9 Å². The first kappa shape index (κ1) is 14.9. The molecule has 0 saturated heterocycles. The minimum absolute atomic E-state index is 0.0339. The fourth-order valence-electron chi connectivity index (χ4n) is 1.64. The number of nitrogens with one attached hydrogen (secondary N) is 1. The van der Waals surface area contributed by atoms with Crippen LogP contribution in [0.5, 0.6) is 0 Å². The van der Waals surface area contributed by atoms with Crippen LogP contribution < -0.4 is 11.1 Å². The molecule has 0 radical (unpaired) electrons. The van der Waals surface area contributed by atoms with Gasteiger partial charge in [0.25, 0.3) is 5.91 Å². The summed E-state index contributed by atoms with van der Waals surface area (Å²) in [5, 5.41) is 3.47. The summed E-state index contributed by atoms with van der Waals surface area (Å²) in [6, 6.07) is 5.22. The van der Waals surface area contributed by atoms with E-state index in [9.17, 15) is 4.79 Å². The maximum absolute atomic E-state index is 12.1. The summed E-state index contributed by atoms with van der Waals surface area (Å²) in [7, 11) is 0. The summed E-state index contributed by atoms with van der Waals surface area (Å²) in [5.41, 5.74) is 6.97. The number of halogens is 1. The largest absolute Gasteiger partial charge is 0.393 e. The predicted octanol–water partition coefficient (Wildman–Crippen LogP) is 2.83. The Morgan fingerprint density at radius 3 is 2.78 bits per heavy atom. The summed E-state index contributed by atoms with van der Waals surface area (Å²) >= 11 is 10.8. The molecule has 0 spiro atoms. The summed E-state index contributed by atoms with van der Waals surface area (Å²) in [6.45, 7) is 3.85. The van der Waals surface area contributed by atoms with Crippen molar-refractivity contribution in [2.45, 2.75) is 32.7 Å². The molecule has 1 aromatic carbocycles. The number of carbonyl (C=O) groups is 1. The fraction of sp³-hybridized carbons (Fsp3) is 0.385. The smallest absolute Gasteiger partial charge is 0.251 e. The zero-order valence-electron chi connectivity index (χ0n) is 10.5. The van der Waals surface area contributed by atoms with Crippen LogP contribution in [0, 0.1) is 6.92 Å². The zero-order valence-corrected chi connectivity index (χ0v) is 12.1. The first-order chi connectivity index (χ1) is 8.43. The molecule has 1 atom stereocenters. The second kappa shape index (κ2) is 6.71. The lowest BCUT2D eigenvalue weighted by molar-refractivity contribution is 0.0936. The standard InChI is InChI=1S/C13H17ClN2OS/c1-3-10(7-12(15)18)16-13(17)11-6-9(14)5-4-8(11)2/h4-6,10H,3,7H2,1-2H3,(H2,15,18)(H,16,17). The summed E-state index contributed by atoms with van der Waals surface area (Å²) in [6.07, 6.45) is 1.29. The highest BCUT2D eigenvalue weighted by Gasteiger charge is 2.15. The van der Waals surface area contributed by atoms with Crippen LogP contribution in [-0.4, -0.2) is 16.9 Å². The Bertz CT molecular complexity index is 462. The Morgan fingerprint density at radius 2 is 2.22 bits per heavy atom. The molecule has 0 saturated carbocycles. The van der Waals surface area contributed by atoms with Gasteiger partial charge in [0, 0.05) is 23.0 Å². The van der Waals surface area contributed by atoms with Gasteiger partial charge in [0.15, 0.2) is 0 Å². The summed E-state index contributed by atoms with van der Waals surface area (Å²) in [5.74, 6) is -0.141. The molecule has 1 aromatic rings. The molecular weight excluding hydrogens is 268 g/mol. The van der Waals surface area contributed by atoms with Crippen LogP contribution in [-0.2, 0) is 0 Å². The minimum atomic E-state index is -0.141. The Morgan fingerprint density at radius 1 is 1.56 bits per heavy atom. The monoisotopic (exact) mass is 284 g/mol.